The third-order valence-corrected chi connectivity index (χ3v) is 2.90. The number of nitrogens with two attached hydrogens (primary N) is 1. The quantitative estimate of drug-likeness (QED) is 0.863. The van der Waals surface area contributed by atoms with Gasteiger partial charge in [-0.15, -0.1) is 0 Å². The van der Waals surface area contributed by atoms with Crippen molar-refractivity contribution in [3.8, 4) is 11.5 Å². The maximum Gasteiger partial charge on any atom is 0.231 e. The summed E-state index contributed by atoms with van der Waals surface area (Å²) in [5, 5.41) is 0.615. The molecule has 1 aliphatic heterocycles. The van der Waals surface area contributed by atoms with Gasteiger partial charge in [0.15, 0.2) is 11.5 Å². The normalized spacial score (nSPS) is 15.4. The van der Waals surface area contributed by atoms with E-state index >= 15 is 0 Å². The van der Waals surface area contributed by atoms with Gasteiger partial charge in [0.1, 0.15) is 0 Å². The maximum absolute atomic E-state index is 6.08. The van der Waals surface area contributed by atoms with E-state index in [4.69, 9.17) is 26.8 Å². The van der Waals surface area contributed by atoms with E-state index in [1.165, 1.54) is 0 Å². The molecule has 15 heavy (non-hydrogen) atoms. The van der Waals surface area contributed by atoms with Crippen LogP contribution in [0.25, 0.3) is 0 Å². The molecule has 82 valence electrons. The molecule has 0 fully saturated rings. The number of halogens is 1. The molecule has 2 N–H and O–H groups in total. The minimum Gasteiger partial charge on any atom is -0.454 e. The lowest BCUT2D eigenvalue weighted by atomic mass is 9.97. The highest BCUT2D eigenvalue weighted by Gasteiger charge is 2.19. The predicted molar refractivity (Wildman–Crippen MR) is 59.7 cm³/mol. The second-order valence-electron chi connectivity index (χ2n) is 3.71. The molecule has 1 aliphatic rings. The number of hydrogen-bond donors (Lipinski definition) is 1. The molecule has 1 aromatic rings. The van der Waals surface area contributed by atoms with E-state index < -0.39 is 0 Å². The molecule has 1 atom stereocenters. The van der Waals surface area contributed by atoms with E-state index in [1.807, 2.05) is 12.1 Å². The fraction of sp³-hybridized carbons (Fsp3) is 0.455. The van der Waals surface area contributed by atoms with Crippen LogP contribution in [-0.2, 0) is 0 Å². The second kappa shape index (κ2) is 4.29. The van der Waals surface area contributed by atoms with E-state index in [0.29, 0.717) is 23.2 Å². The third kappa shape index (κ3) is 2.03. The monoisotopic (exact) mass is 227 g/mol. The van der Waals surface area contributed by atoms with Crippen LogP contribution < -0.4 is 15.2 Å². The Morgan fingerprint density at radius 2 is 2.27 bits per heavy atom. The Morgan fingerprint density at radius 1 is 1.47 bits per heavy atom. The summed E-state index contributed by atoms with van der Waals surface area (Å²) in [5.74, 6) is 1.78. The molecule has 0 spiro atoms. The highest BCUT2D eigenvalue weighted by Crippen LogP contribution is 2.41. The van der Waals surface area contributed by atoms with Gasteiger partial charge in [-0.25, -0.2) is 0 Å². The summed E-state index contributed by atoms with van der Waals surface area (Å²) in [6.45, 7) is 3.05. The van der Waals surface area contributed by atoms with Gasteiger partial charge in [0, 0.05) is 0 Å². The first-order chi connectivity index (χ1) is 7.22. The van der Waals surface area contributed by atoms with Gasteiger partial charge in [0.05, 0.1) is 5.02 Å². The third-order valence-electron chi connectivity index (χ3n) is 2.62. The van der Waals surface area contributed by atoms with Gasteiger partial charge in [-0.3, -0.25) is 0 Å². The van der Waals surface area contributed by atoms with Crippen LogP contribution in [-0.4, -0.2) is 13.3 Å². The number of fused-ring (bicyclic) bond motifs is 1. The molecular weight excluding hydrogens is 214 g/mol. The predicted octanol–water partition coefficient (Wildman–Crippen LogP) is 2.52. The first kappa shape index (κ1) is 10.6. The van der Waals surface area contributed by atoms with Crippen LogP contribution in [0.4, 0.5) is 0 Å². The first-order valence-corrected chi connectivity index (χ1v) is 5.39. The standard InChI is InChI=1S/C11H14ClNO2/c1-7(2-3-13)8-4-9(12)11-10(5-8)14-6-15-11/h4-5,7H,2-3,6,13H2,1H3. The molecule has 1 heterocycles. The number of ether oxygens (including phenoxy) is 2. The Bertz CT molecular complexity index is 368. The van der Waals surface area contributed by atoms with E-state index in [9.17, 15) is 0 Å². The molecule has 0 amide bonds. The summed E-state index contributed by atoms with van der Waals surface area (Å²) >= 11 is 6.08. The molecule has 0 bridgehead atoms. The number of benzene rings is 1. The summed E-state index contributed by atoms with van der Waals surface area (Å²) < 4.78 is 10.6. The van der Waals surface area contributed by atoms with Crippen LogP contribution in [0.3, 0.4) is 0 Å². The Balaban J connectivity index is 2.30. The highest BCUT2D eigenvalue weighted by atomic mass is 35.5. The van der Waals surface area contributed by atoms with Crippen molar-refractivity contribution in [1.82, 2.24) is 0 Å². The Kier molecular flexibility index (Phi) is 3.03. The van der Waals surface area contributed by atoms with Crippen LogP contribution >= 0.6 is 11.6 Å². The van der Waals surface area contributed by atoms with Gasteiger partial charge in [-0.1, -0.05) is 18.5 Å². The van der Waals surface area contributed by atoms with Gasteiger partial charge in [0.25, 0.3) is 0 Å². The van der Waals surface area contributed by atoms with Gasteiger partial charge in [-0.05, 0) is 36.6 Å². The average molecular weight is 228 g/mol. The zero-order valence-corrected chi connectivity index (χ0v) is 9.38. The second-order valence-corrected chi connectivity index (χ2v) is 4.12. The summed E-state index contributed by atoms with van der Waals surface area (Å²) in [6.07, 6.45) is 0.940. The Hall–Kier alpha value is -0.930. The fourth-order valence-electron chi connectivity index (χ4n) is 1.69. The lowest BCUT2D eigenvalue weighted by Crippen LogP contribution is -2.04. The van der Waals surface area contributed by atoms with Crippen molar-refractivity contribution in [3.05, 3.63) is 22.7 Å². The summed E-state index contributed by atoms with van der Waals surface area (Å²) in [7, 11) is 0. The van der Waals surface area contributed by atoms with Crippen LogP contribution in [0.5, 0.6) is 11.5 Å². The SMILES string of the molecule is CC(CCN)c1cc(Cl)c2c(c1)OCO2. The molecule has 3 nitrogen and oxygen atoms in total. The van der Waals surface area contributed by atoms with Crippen LogP contribution in [0.15, 0.2) is 12.1 Å². The van der Waals surface area contributed by atoms with Crippen LogP contribution in [0.2, 0.25) is 5.02 Å². The Labute approximate surface area is 94.1 Å². The molecule has 0 aliphatic carbocycles. The van der Waals surface area contributed by atoms with Gasteiger partial charge in [0.2, 0.25) is 6.79 Å². The summed E-state index contributed by atoms with van der Waals surface area (Å²) in [6, 6.07) is 3.91. The molecular formula is C11H14ClNO2. The van der Waals surface area contributed by atoms with Crippen molar-refractivity contribution in [2.75, 3.05) is 13.3 Å². The molecule has 1 unspecified atom stereocenters. The van der Waals surface area contributed by atoms with E-state index in [1.54, 1.807) is 0 Å². The van der Waals surface area contributed by atoms with E-state index in [-0.39, 0.29) is 6.79 Å². The number of hydrogen-bond acceptors (Lipinski definition) is 3. The zero-order valence-electron chi connectivity index (χ0n) is 8.63. The van der Waals surface area contributed by atoms with Crippen molar-refractivity contribution >= 4 is 11.6 Å². The van der Waals surface area contributed by atoms with Crippen LogP contribution in [0.1, 0.15) is 24.8 Å². The largest absolute Gasteiger partial charge is 0.454 e. The van der Waals surface area contributed by atoms with Gasteiger partial charge >= 0.3 is 0 Å². The van der Waals surface area contributed by atoms with Crippen molar-refractivity contribution in [2.24, 2.45) is 5.73 Å². The van der Waals surface area contributed by atoms with Crippen molar-refractivity contribution in [3.63, 3.8) is 0 Å². The van der Waals surface area contributed by atoms with E-state index in [2.05, 4.69) is 6.92 Å². The minimum atomic E-state index is 0.254. The molecule has 0 radical (unpaired) electrons. The van der Waals surface area contributed by atoms with Gasteiger partial charge < -0.3 is 15.2 Å². The minimum absolute atomic E-state index is 0.254. The van der Waals surface area contributed by atoms with Crippen LogP contribution in [0, 0.1) is 0 Å². The zero-order chi connectivity index (χ0) is 10.8. The molecule has 1 aromatic carbocycles. The average Bonchev–Trinajstić information content (AvgIpc) is 2.66. The van der Waals surface area contributed by atoms with Gasteiger partial charge in [-0.2, -0.15) is 0 Å². The topological polar surface area (TPSA) is 44.5 Å². The Morgan fingerprint density at radius 3 is 3.00 bits per heavy atom. The summed E-state index contributed by atoms with van der Waals surface area (Å²) in [4.78, 5) is 0. The highest BCUT2D eigenvalue weighted by molar-refractivity contribution is 6.32. The van der Waals surface area contributed by atoms with Crippen molar-refractivity contribution in [1.29, 1.82) is 0 Å². The van der Waals surface area contributed by atoms with Crippen molar-refractivity contribution in [2.45, 2.75) is 19.3 Å². The molecule has 4 heteroatoms. The summed E-state index contributed by atoms with van der Waals surface area (Å²) in [5.41, 5.74) is 6.68. The molecule has 0 saturated heterocycles. The lowest BCUT2D eigenvalue weighted by Gasteiger charge is -2.11. The first-order valence-electron chi connectivity index (χ1n) is 5.01. The lowest BCUT2D eigenvalue weighted by molar-refractivity contribution is 0.174. The molecule has 0 saturated carbocycles. The van der Waals surface area contributed by atoms with E-state index in [0.717, 1.165) is 17.7 Å². The fourth-order valence-corrected chi connectivity index (χ4v) is 1.96. The number of rotatable bonds is 3. The van der Waals surface area contributed by atoms with Crippen molar-refractivity contribution < 1.29 is 9.47 Å². The molecule has 2 rings (SSSR count). The molecule has 0 aromatic heterocycles. The smallest absolute Gasteiger partial charge is 0.231 e. The maximum atomic E-state index is 6.08.